The summed E-state index contributed by atoms with van der Waals surface area (Å²) in [5, 5.41) is 11.9. The monoisotopic (exact) mass is 279 g/mol. The van der Waals surface area contributed by atoms with E-state index in [1.807, 2.05) is 19.9 Å². The van der Waals surface area contributed by atoms with Crippen LogP contribution in [-0.4, -0.2) is 30.3 Å². The van der Waals surface area contributed by atoms with Crippen molar-refractivity contribution in [3.8, 4) is 5.75 Å². The number of carbonyl (C=O) groups is 1. The quantitative estimate of drug-likeness (QED) is 0.805. The van der Waals surface area contributed by atoms with Crippen molar-refractivity contribution in [1.82, 2.24) is 5.32 Å². The van der Waals surface area contributed by atoms with Crippen molar-refractivity contribution in [1.29, 1.82) is 0 Å². The van der Waals surface area contributed by atoms with Crippen LogP contribution in [0.5, 0.6) is 5.75 Å². The Morgan fingerprint density at radius 3 is 2.70 bits per heavy atom. The van der Waals surface area contributed by atoms with Gasteiger partial charge < -0.3 is 15.2 Å². The number of nitrogens with one attached hydrogen (secondary N) is 1. The zero-order valence-electron chi connectivity index (χ0n) is 12.8. The van der Waals surface area contributed by atoms with E-state index in [9.17, 15) is 4.79 Å². The second-order valence-corrected chi connectivity index (χ2v) is 5.29. The lowest BCUT2D eigenvalue weighted by Crippen LogP contribution is -2.27. The minimum atomic E-state index is -0.385. The van der Waals surface area contributed by atoms with E-state index in [1.54, 1.807) is 6.92 Å². The Morgan fingerprint density at radius 2 is 2.05 bits per heavy atom. The third-order valence-corrected chi connectivity index (χ3v) is 3.24. The molecule has 1 amide bonds. The molecule has 0 aromatic heterocycles. The molecule has 1 aromatic carbocycles. The molecule has 1 rings (SSSR count). The zero-order chi connectivity index (χ0) is 15.1. The van der Waals surface area contributed by atoms with Crippen molar-refractivity contribution in [2.75, 3.05) is 13.2 Å². The van der Waals surface area contributed by atoms with Gasteiger partial charge >= 0.3 is 0 Å². The number of benzene rings is 1. The molecule has 4 nitrogen and oxygen atoms in total. The van der Waals surface area contributed by atoms with Crippen LogP contribution in [0.4, 0.5) is 0 Å². The van der Waals surface area contributed by atoms with Crippen LogP contribution in [0.1, 0.15) is 36.5 Å². The van der Waals surface area contributed by atoms with Gasteiger partial charge in [-0.05, 0) is 56.9 Å². The highest BCUT2D eigenvalue weighted by Crippen LogP contribution is 2.23. The first-order chi connectivity index (χ1) is 9.40. The second kappa shape index (κ2) is 7.90. The highest BCUT2D eigenvalue weighted by atomic mass is 16.5. The molecule has 0 saturated heterocycles. The number of hydrogen-bond acceptors (Lipinski definition) is 3. The summed E-state index contributed by atoms with van der Waals surface area (Å²) in [6.07, 6.45) is 0.513. The van der Waals surface area contributed by atoms with Crippen molar-refractivity contribution >= 4 is 5.91 Å². The van der Waals surface area contributed by atoms with Crippen molar-refractivity contribution in [2.45, 2.75) is 46.6 Å². The lowest BCUT2D eigenvalue weighted by Gasteiger charge is -2.12. The average Bonchev–Trinajstić information content (AvgIpc) is 2.34. The van der Waals surface area contributed by atoms with Gasteiger partial charge in [-0.3, -0.25) is 4.79 Å². The maximum atomic E-state index is 11.6. The first-order valence-electron chi connectivity index (χ1n) is 7.05. The number of carbonyl (C=O) groups excluding carboxylic acids is 1. The van der Waals surface area contributed by atoms with Crippen LogP contribution < -0.4 is 10.1 Å². The molecule has 1 atom stereocenters. The summed E-state index contributed by atoms with van der Waals surface area (Å²) in [5.74, 6) is 0.798. The summed E-state index contributed by atoms with van der Waals surface area (Å²) in [7, 11) is 0. The summed E-state index contributed by atoms with van der Waals surface area (Å²) in [6, 6.07) is 4.11. The molecule has 0 heterocycles. The van der Waals surface area contributed by atoms with Crippen molar-refractivity contribution in [3.05, 3.63) is 28.8 Å². The number of rotatable bonds is 7. The number of hydrogen-bond donors (Lipinski definition) is 2. The maximum Gasteiger partial charge on any atom is 0.223 e. The van der Waals surface area contributed by atoms with Crippen LogP contribution in [0.3, 0.4) is 0 Å². The average molecular weight is 279 g/mol. The van der Waals surface area contributed by atoms with E-state index in [-0.39, 0.29) is 12.0 Å². The minimum Gasteiger partial charge on any atom is -0.493 e. The molecule has 112 valence electrons. The lowest BCUT2D eigenvalue weighted by atomic mass is 10.1. The predicted molar refractivity (Wildman–Crippen MR) is 80.1 cm³/mol. The summed E-state index contributed by atoms with van der Waals surface area (Å²) < 4.78 is 5.69. The molecule has 0 radical (unpaired) electrons. The van der Waals surface area contributed by atoms with Crippen LogP contribution in [0.25, 0.3) is 0 Å². The highest BCUT2D eigenvalue weighted by Gasteiger charge is 2.06. The summed E-state index contributed by atoms with van der Waals surface area (Å²) >= 11 is 0. The van der Waals surface area contributed by atoms with Crippen LogP contribution in [0.2, 0.25) is 0 Å². The van der Waals surface area contributed by atoms with Gasteiger partial charge in [0.1, 0.15) is 5.75 Å². The first kappa shape index (κ1) is 16.5. The zero-order valence-corrected chi connectivity index (χ0v) is 12.8. The molecule has 0 bridgehead atoms. The van der Waals surface area contributed by atoms with Gasteiger partial charge in [-0.2, -0.15) is 0 Å². The standard InChI is InChI=1S/C16H25NO3/c1-11-9-12(2)14(4)15(10-11)20-8-6-16(19)17-7-5-13(3)18/h9-10,13,18H,5-8H2,1-4H3,(H,17,19). The van der Waals surface area contributed by atoms with E-state index in [2.05, 4.69) is 18.3 Å². The third-order valence-electron chi connectivity index (χ3n) is 3.24. The van der Waals surface area contributed by atoms with Gasteiger partial charge in [0.05, 0.1) is 19.1 Å². The fraction of sp³-hybridized carbons (Fsp3) is 0.562. The normalized spacial score (nSPS) is 12.1. The molecule has 0 aliphatic carbocycles. The van der Waals surface area contributed by atoms with E-state index in [4.69, 9.17) is 9.84 Å². The van der Waals surface area contributed by atoms with Gasteiger partial charge in [0, 0.05) is 6.54 Å². The topological polar surface area (TPSA) is 58.6 Å². The van der Waals surface area contributed by atoms with E-state index in [0.717, 1.165) is 16.9 Å². The Hall–Kier alpha value is -1.55. The van der Waals surface area contributed by atoms with Crippen LogP contribution in [0, 0.1) is 20.8 Å². The molecule has 1 aromatic rings. The first-order valence-corrected chi connectivity index (χ1v) is 7.05. The largest absolute Gasteiger partial charge is 0.493 e. The third kappa shape index (κ3) is 5.61. The maximum absolute atomic E-state index is 11.6. The van der Waals surface area contributed by atoms with E-state index in [1.165, 1.54) is 5.56 Å². The fourth-order valence-electron chi connectivity index (χ4n) is 1.91. The number of ether oxygens (including phenoxy) is 1. The molecule has 0 fully saturated rings. The molecule has 20 heavy (non-hydrogen) atoms. The second-order valence-electron chi connectivity index (χ2n) is 5.29. The van der Waals surface area contributed by atoms with Gasteiger partial charge in [-0.25, -0.2) is 0 Å². The Morgan fingerprint density at radius 1 is 1.35 bits per heavy atom. The van der Waals surface area contributed by atoms with Gasteiger partial charge in [0.15, 0.2) is 0 Å². The van der Waals surface area contributed by atoms with Crippen LogP contribution in [-0.2, 0) is 4.79 Å². The SMILES string of the molecule is Cc1cc(C)c(C)c(OCCC(=O)NCCC(C)O)c1. The molecule has 4 heteroatoms. The predicted octanol–water partition coefficient (Wildman–Crippen LogP) is 2.27. The molecule has 0 aliphatic rings. The van der Waals surface area contributed by atoms with Gasteiger partial charge in [0.25, 0.3) is 0 Å². The summed E-state index contributed by atoms with van der Waals surface area (Å²) in [4.78, 5) is 11.6. The Balaban J connectivity index is 2.36. The van der Waals surface area contributed by atoms with E-state index in [0.29, 0.717) is 26.0 Å². The molecule has 0 aliphatic heterocycles. The Bertz CT molecular complexity index is 455. The molecule has 1 unspecified atom stereocenters. The summed E-state index contributed by atoms with van der Waals surface area (Å²) in [5.41, 5.74) is 3.47. The molecule has 0 spiro atoms. The van der Waals surface area contributed by atoms with Gasteiger partial charge in [-0.1, -0.05) is 6.07 Å². The van der Waals surface area contributed by atoms with Crippen molar-refractivity contribution in [2.24, 2.45) is 0 Å². The molecular formula is C16H25NO3. The van der Waals surface area contributed by atoms with Crippen molar-refractivity contribution in [3.63, 3.8) is 0 Å². The minimum absolute atomic E-state index is 0.0484. The molecule has 2 N–H and O–H groups in total. The number of aryl methyl sites for hydroxylation is 2. The number of aliphatic hydroxyl groups is 1. The Kier molecular flexibility index (Phi) is 6.52. The number of amides is 1. The number of aliphatic hydroxyl groups excluding tert-OH is 1. The van der Waals surface area contributed by atoms with Gasteiger partial charge in [-0.15, -0.1) is 0 Å². The van der Waals surface area contributed by atoms with Gasteiger partial charge in [0.2, 0.25) is 5.91 Å². The van der Waals surface area contributed by atoms with Crippen molar-refractivity contribution < 1.29 is 14.6 Å². The fourth-order valence-corrected chi connectivity index (χ4v) is 1.91. The Labute approximate surface area is 121 Å². The summed E-state index contributed by atoms with van der Waals surface area (Å²) in [6.45, 7) is 8.67. The smallest absolute Gasteiger partial charge is 0.223 e. The van der Waals surface area contributed by atoms with Crippen LogP contribution >= 0.6 is 0 Å². The molecule has 0 saturated carbocycles. The van der Waals surface area contributed by atoms with E-state index < -0.39 is 0 Å². The van der Waals surface area contributed by atoms with Crippen LogP contribution in [0.15, 0.2) is 12.1 Å². The van der Waals surface area contributed by atoms with E-state index >= 15 is 0 Å². The lowest BCUT2D eigenvalue weighted by molar-refractivity contribution is -0.121. The molecular weight excluding hydrogens is 254 g/mol. The highest BCUT2D eigenvalue weighted by molar-refractivity contribution is 5.75.